The molecule has 0 saturated heterocycles. The molecule has 1 heterocycles. The number of nitrogens with one attached hydrogen (secondary N) is 2. The molecule has 19 heavy (non-hydrogen) atoms. The summed E-state index contributed by atoms with van der Waals surface area (Å²) in [6, 6.07) is 1.83. The number of nitrogens with two attached hydrogens (primary N) is 1. The monoisotopic (exact) mass is 263 g/mol. The second-order valence-electron chi connectivity index (χ2n) is 5.02. The van der Waals surface area contributed by atoms with Gasteiger partial charge in [0.05, 0.1) is 0 Å². The van der Waals surface area contributed by atoms with Crippen molar-refractivity contribution in [1.82, 2.24) is 9.97 Å². The predicted octanol–water partition coefficient (Wildman–Crippen LogP) is 1.46. The summed E-state index contributed by atoms with van der Waals surface area (Å²) in [4.78, 5) is 19.9. The van der Waals surface area contributed by atoms with E-state index in [0.29, 0.717) is 12.3 Å². The molecular formula is C13H21N5O. The van der Waals surface area contributed by atoms with Crippen molar-refractivity contribution in [3.8, 4) is 0 Å². The molecule has 1 amide bonds. The van der Waals surface area contributed by atoms with Crippen LogP contribution in [0.5, 0.6) is 0 Å². The zero-order valence-electron chi connectivity index (χ0n) is 11.4. The highest BCUT2D eigenvalue weighted by Crippen LogP contribution is 2.38. The van der Waals surface area contributed by atoms with Crippen molar-refractivity contribution in [3.63, 3.8) is 0 Å². The molecule has 4 N–H and O–H groups in total. The summed E-state index contributed by atoms with van der Waals surface area (Å²) in [5, 5.41) is 6.41. The molecule has 1 saturated carbocycles. The number of primary amides is 1. The number of hydrogen-bond donors (Lipinski definition) is 3. The van der Waals surface area contributed by atoms with Gasteiger partial charge in [0.15, 0.2) is 0 Å². The van der Waals surface area contributed by atoms with E-state index in [-0.39, 0.29) is 11.9 Å². The summed E-state index contributed by atoms with van der Waals surface area (Å²) in [7, 11) is 0. The zero-order chi connectivity index (χ0) is 13.8. The van der Waals surface area contributed by atoms with Crippen LogP contribution in [0.1, 0.15) is 44.9 Å². The predicted molar refractivity (Wildman–Crippen MR) is 75.1 cm³/mol. The van der Waals surface area contributed by atoms with Crippen LogP contribution in [0.3, 0.4) is 0 Å². The largest absolute Gasteiger partial charge is 0.370 e. The van der Waals surface area contributed by atoms with Crippen LogP contribution in [0.25, 0.3) is 0 Å². The van der Waals surface area contributed by atoms with Crippen molar-refractivity contribution < 1.29 is 4.79 Å². The molecule has 1 unspecified atom stereocenters. The lowest BCUT2D eigenvalue weighted by Gasteiger charge is -2.14. The van der Waals surface area contributed by atoms with Crippen LogP contribution in [0.2, 0.25) is 0 Å². The summed E-state index contributed by atoms with van der Waals surface area (Å²) in [6.45, 7) is 4.76. The molecule has 1 aromatic rings. The second kappa shape index (κ2) is 5.86. The number of hydrogen-bond acceptors (Lipinski definition) is 5. The number of carbonyl (C=O) groups is 1. The van der Waals surface area contributed by atoms with Crippen molar-refractivity contribution in [2.24, 2.45) is 5.73 Å². The van der Waals surface area contributed by atoms with E-state index in [0.717, 1.165) is 36.8 Å². The van der Waals surface area contributed by atoms with Gasteiger partial charge in [-0.05, 0) is 26.7 Å². The first-order valence-electron chi connectivity index (χ1n) is 6.76. The quantitative estimate of drug-likeness (QED) is 0.692. The van der Waals surface area contributed by atoms with Crippen molar-refractivity contribution in [1.29, 1.82) is 0 Å². The van der Waals surface area contributed by atoms with E-state index in [9.17, 15) is 4.79 Å². The third kappa shape index (κ3) is 4.08. The maximum absolute atomic E-state index is 10.9. The molecule has 0 aliphatic heterocycles. The molecule has 2 rings (SSSR count). The van der Waals surface area contributed by atoms with Crippen molar-refractivity contribution in [2.45, 2.75) is 45.1 Å². The van der Waals surface area contributed by atoms with E-state index in [1.54, 1.807) is 0 Å². The first-order chi connectivity index (χ1) is 9.08. The SMILES string of the molecule is CCNc1cc(NC(C)CC(N)=O)nc(C2CC2)n1. The van der Waals surface area contributed by atoms with Gasteiger partial charge in [0, 0.05) is 31.0 Å². The Morgan fingerprint density at radius 2 is 2.16 bits per heavy atom. The molecule has 0 bridgehead atoms. The van der Waals surface area contributed by atoms with Gasteiger partial charge in [-0.25, -0.2) is 9.97 Å². The van der Waals surface area contributed by atoms with Gasteiger partial charge in [-0.1, -0.05) is 0 Å². The Kier molecular flexibility index (Phi) is 4.19. The Morgan fingerprint density at radius 3 is 2.74 bits per heavy atom. The molecule has 1 atom stereocenters. The molecule has 6 nitrogen and oxygen atoms in total. The lowest BCUT2D eigenvalue weighted by Crippen LogP contribution is -2.24. The number of nitrogens with zero attached hydrogens (tertiary/aromatic N) is 2. The fourth-order valence-electron chi connectivity index (χ4n) is 1.94. The number of anilines is 2. The molecule has 0 radical (unpaired) electrons. The molecule has 1 aliphatic carbocycles. The number of aromatic nitrogens is 2. The van der Waals surface area contributed by atoms with Crippen LogP contribution in [0.15, 0.2) is 6.07 Å². The fraction of sp³-hybridized carbons (Fsp3) is 0.615. The normalized spacial score (nSPS) is 15.9. The maximum Gasteiger partial charge on any atom is 0.219 e. The highest BCUT2D eigenvalue weighted by Gasteiger charge is 2.27. The zero-order valence-corrected chi connectivity index (χ0v) is 11.4. The molecule has 0 spiro atoms. The number of amides is 1. The summed E-state index contributed by atoms with van der Waals surface area (Å²) in [5.74, 6) is 2.64. The van der Waals surface area contributed by atoms with Gasteiger partial charge in [0.1, 0.15) is 17.5 Å². The van der Waals surface area contributed by atoms with E-state index in [1.165, 1.54) is 0 Å². The molecular weight excluding hydrogens is 242 g/mol. The molecule has 0 aromatic carbocycles. The van der Waals surface area contributed by atoms with Crippen molar-refractivity contribution in [2.75, 3.05) is 17.2 Å². The standard InChI is InChI=1S/C13H21N5O/c1-3-15-11-7-12(16-8(2)6-10(14)19)18-13(17-11)9-4-5-9/h7-9H,3-6H2,1-2H3,(H2,14,19)(H2,15,16,17,18). The Bertz CT molecular complexity index is 458. The lowest BCUT2D eigenvalue weighted by molar-refractivity contribution is -0.118. The summed E-state index contributed by atoms with van der Waals surface area (Å²) >= 11 is 0. The minimum atomic E-state index is -0.316. The van der Waals surface area contributed by atoms with Gasteiger partial charge in [0.25, 0.3) is 0 Å². The smallest absolute Gasteiger partial charge is 0.219 e. The topological polar surface area (TPSA) is 92.9 Å². The molecule has 1 aromatic heterocycles. The first-order valence-corrected chi connectivity index (χ1v) is 6.76. The Balaban J connectivity index is 2.11. The molecule has 104 valence electrons. The van der Waals surface area contributed by atoms with Gasteiger partial charge in [-0.3, -0.25) is 4.79 Å². The summed E-state index contributed by atoms with van der Waals surface area (Å²) in [6.07, 6.45) is 2.61. The maximum atomic E-state index is 10.9. The summed E-state index contributed by atoms with van der Waals surface area (Å²) < 4.78 is 0. The average Bonchev–Trinajstić information content (AvgIpc) is 3.11. The summed E-state index contributed by atoms with van der Waals surface area (Å²) in [5.41, 5.74) is 5.19. The van der Waals surface area contributed by atoms with Gasteiger partial charge in [-0.15, -0.1) is 0 Å². The molecule has 6 heteroatoms. The van der Waals surface area contributed by atoms with Crippen LogP contribution >= 0.6 is 0 Å². The van der Waals surface area contributed by atoms with E-state index in [1.807, 2.05) is 19.9 Å². The van der Waals surface area contributed by atoms with Crippen LogP contribution in [0.4, 0.5) is 11.6 Å². The van der Waals surface area contributed by atoms with Crippen LogP contribution in [-0.2, 0) is 4.79 Å². The van der Waals surface area contributed by atoms with E-state index in [4.69, 9.17) is 5.73 Å². The van der Waals surface area contributed by atoms with Gasteiger partial charge < -0.3 is 16.4 Å². The number of rotatable bonds is 7. The van der Waals surface area contributed by atoms with Crippen LogP contribution < -0.4 is 16.4 Å². The second-order valence-corrected chi connectivity index (χ2v) is 5.02. The van der Waals surface area contributed by atoms with Crippen molar-refractivity contribution in [3.05, 3.63) is 11.9 Å². The van der Waals surface area contributed by atoms with Crippen LogP contribution in [0, 0.1) is 0 Å². The van der Waals surface area contributed by atoms with Crippen molar-refractivity contribution >= 4 is 17.5 Å². The van der Waals surface area contributed by atoms with Gasteiger partial charge in [0.2, 0.25) is 5.91 Å². The minimum Gasteiger partial charge on any atom is -0.370 e. The lowest BCUT2D eigenvalue weighted by atomic mass is 10.2. The Hall–Kier alpha value is -1.85. The molecule has 1 aliphatic rings. The van der Waals surface area contributed by atoms with E-state index < -0.39 is 0 Å². The Labute approximate surface area is 113 Å². The first kappa shape index (κ1) is 13.6. The average molecular weight is 263 g/mol. The van der Waals surface area contributed by atoms with Crippen LogP contribution in [-0.4, -0.2) is 28.5 Å². The van der Waals surface area contributed by atoms with Gasteiger partial charge in [-0.2, -0.15) is 0 Å². The highest BCUT2D eigenvalue weighted by atomic mass is 16.1. The Morgan fingerprint density at radius 1 is 1.47 bits per heavy atom. The number of carbonyl (C=O) groups excluding carboxylic acids is 1. The third-order valence-corrected chi connectivity index (χ3v) is 2.95. The van der Waals surface area contributed by atoms with Gasteiger partial charge >= 0.3 is 0 Å². The van der Waals surface area contributed by atoms with E-state index in [2.05, 4.69) is 20.6 Å². The minimum absolute atomic E-state index is 0.0334. The third-order valence-electron chi connectivity index (χ3n) is 2.95. The molecule has 1 fully saturated rings. The fourth-order valence-corrected chi connectivity index (χ4v) is 1.94. The highest BCUT2D eigenvalue weighted by molar-refractivity contribution is 5.74. The van der Waals surface area contributed by atoms with E-state index >= 15 is 0 Å².